The highest BCUT2D eigenvalue weighted by Crippen LogP contribution is 2.29. The molecule has 9 nitrogen and oxygen atoms in total. The molecule has 0 spiro atoms. The molecule has 4 rings (SSSR count). The number of hydrogen-bond acceptors (Lipinski definition) is 8. The molecule has 0 N–H and O–H groups in total. The van der Waals surface area contributed by atoms with Crippen molar-refractivity contribution in [2.24, 2.45) is 0 Å². The molecule has 0 unspecified atom stereocenters. The molecule has 3 aromatic rings. The smallest absolute Gasteiger partial charge is 0.257 e. The number of aromatic nitrogens is 4. The van der Waals surface area contributed by atoms with E-state index in [2.05, 4.69) is 34.9 Å². The number of methoxy groups -OCH3 is 2. The second kappa shape index (κ2) is 10.5. The highest BCUT2D eigenvalue weighted by molar-refractivity contribution is 7.12. The molecule has 0 saturated carbocycles. The van der Waals surface area contributed by atoms with Crippen LogP contribution in [0.15, 0.2) is 24.5 Å². The topological polar surface area (TPSA) is 85.6 Å². The minimum Gasteiger partial charge on any atom is -0.383 e. The monoisotopic (exact) mass is 470 g/mol. The van der Waals surface area contributed by atoms with Crippen molar-refractivity contribution in [1.82, 2.24) is 29.5 Å². The highest BCUT2D eigenvalue weighted by atomic mass is 32.1. The van der Waals surface area contributed by atoms with Gasteiger partial charge in [-0.15, -0.1) is 11.3 Å². The number of carbonyl (C=O) groups is 1. The Hall–Kier alpha value is -2.66. The normalized spacial score (nSPS) is 14.7. The molecule has 1 aliphatic rings. The summed E-state index contributed by atoms with van der Waals surface area (Å²) in [5.74, 6) is 0.381. The maximum absolute atomic E-state index is 13.3. The standard InChI is InChI=1S/C23H30N6O3S/c1-16-13-18(17(2)33-16)20-5-6-24-23(26-20)29-21(15-32-4)19(14-25-29)22(30)28-9-7-27(8-10-28)11-12-31-3/h5-6,13-14H,7-12,15H2,1-4H3. The first-order valence-corrected chi connectivity index (χ1v) is 11.8. The third kappa shape index (κ3) is 5.14. The SMILES string of the molecule is COCCN1CCN(C(=O)c2cnn(-c3nccc(-c4cc(C)sc4C)n3)c2COC)CC1. The largest absolute Gasteiger partial charge is 0.383 e. The number of piperazine rings is 1. The second-order valence-electron chi connectivity index (χ2n) is 8.05. The number of carbonyl (C=O) groups excluding carboxylic acids is 1. The van der Waals surface area contributed by atoms with Gasteiger partial charge in [0.05, 0.1) is 36.4 Å². The van der Waals surface area contributed by atoms with Gasteiger partial charge in [0.2, 0.25) is 0 Å². The van der Waals surface area contributed by atoms with Crippen molar-refractivity contribution < 1.29 is 14.3 Å². The van der Waals surface area contributed by atoms with Crippen LogP contribution in [0.4, 0.5) is 0 Å². The Balaban J connectivity index is 1.58. The predicted octanol–water partition coefficient (Wildman–Crippen LogP) is 2.56. The van der Waals surface area contributed by atoms with E-state index in [0.29, 0.717) is 36.9 Å². The number of thiophene rings is 1. The van der Waals surface area contributed by atoms with E-state index in [4.69, 9.17) is 14.5 Å². The molecule has 176 valence electrons. The molecular formula is C23H30N6O3S. The quantitative estimate of drug-likeness (QED) is 0.500. The molecule has 1 fully saturated rings. The third-order valence-electron chi connectivity index (χ3n) is 5.80. The van der Waals surface area contributed by atoms with Crippen LogP contribution < -0.4 is 0 Å². The Labute approximate surface area is 198 Å². The molecule has 1 aliphatic heterocycles. The Morgan fingerprint density at radius 3 is 2.61 bits per heavy atom. The van der Waals surface area contributed by atoms with Gasteiger partial charge in [0.15, 0.2) is 0 Å². The van der Waals surface area contributed by atoms with Gasteiger partial charge in [-0.1, -0.05) is 0 Å². The van der Waals surface area contributed by atoms with Gasteiger partial charge in [-0.25, -0.2) is 9.97 Å². The van der Waals surface area contributed by atoms with Crippen molar-refractivity contribution >= 4 is 17.2 Å². The molecule has 0 bridgehead atoms. The molecule has 3 aromatic heterocycles. The Kier molecular flexibility index (Phi) is 7.49. The number of nitrogens with zero attached hydrogens (tertiary/aromatic N) is 6. The maximum atomic E-state index is 13.3. The van der Waals surface area contributed by atoms with E-state index in [9.17, 15) is 4.79 Å². The predicted molar refractivity (Wildman–Crippen MR) is 127 cm³/mol. The molecule has 0 aromatic carbocycles. The summed E-state index contributed by atoms with van der Waals surface area (Å²) in [4.78, 5) is 29.1. The van der Waals surface area contributed by atoms with Crippen LogP contribution in [0.5, 0.6) is 0 Å². The van der Waals surface area contributed by atoms with Crippen LogP contribution in [-0.4, -0.2) is 89.0 Å². The average Bonchev–Trinajstić information content (AvgIpc) is 3.40. The van der Waals surface area contributed by atoms with Gasteiger partial charge in [0.25, 0.3) is 11.9 Å². The minimum atomic E-state index is -0.0415. The average molecular weight is 471 g/mol. The molecule has 0 atom stereocenters. The molecule has 1 amide bonds. The zero-order valence-corrected chi connectivity index (χ0v) is 20.4. The fraction of sp³-hybridized carbons (Fsp3) is 0.478. The molecule has 4 heterocycles. The fourth-order valence-corrected chi connectivity index (χ4v) is 4.98. The van der Waals surface area contributed by atoms with Crippen molar-refractivity contribution in [3.63, 3.8) is 0 Å². The lowest BCUT2D eigenvalue weighted by molar-refractivity contribution is 0.0590. The van der Waals surface area contributed by atoms with Gasteiger partial charge in [-0.3, -0.25) is 9.69 Å². The first-order valence-electron chi connectivity index (χ1n) is 11.0. The van der Waals surface area contributed by atoms with Crippen LogP contribution >= 0.6 is 11.3 Å². The molecule has 33 heavy (non-hydrogen) atoms. The van der Waals surface area contributed by atoms with Gasteiger partial charge in [-0.2, -0.15) is 9.78 Å². The van der Waals surface area contributed by atoms with Crippen LogP contribution in [0.3, 0.4) is 0 Å². The summed E-state index contributed by atoms with van der Waals surface area (Å²) in [6.07, 6.45) is 3.33. The Morgan fingerprint density at radius 1 is 1.15 bits per heavy atom. The molecule has 0 aliphatic carbocycles. The van der Waals surface area contributed by atoms with E-state index in [1.165, 1.54) is 9.75 Å². The third-order valence-corrected chi connectivity index (χ3v) is 6.77. The number of hydrogen-bond donors (Lipinski definition) is 0. The lowest BCUT2D eigenvalue weighted by atomic mass is 10.2. The molecular weight excluding hydrogens is 440 g/mol. The van der Waals surface area contributed by atoms with Crippen molar-refractivity contribution in [1.29, 1.82) is 0 Å². The second-order valence-corrected chi connectivity index (χ2v) is 9.51. The van der Waals surface area contributed by atoms with E-state index in [-0.39, 0.29) is 12.5 Å². The summed E-state index contributed by atoms with van der Waals surface area (Å²) < 4.78 is 12.2. The lowest BCUT2D eigenvalue weighted by Crippen LogP contribution is -2.49. The number of aryl methyl sites for hydroxylation is 2. The first-order chi connectivity index (χ1) is 16.0. The number of ether oxygens (including phenoxy) is 2. The fourth-order valence-electron chi connectivity index (χ4n) is 4.05. The van der Waals surface area contributed by atoms with E-state index in [1.54, 1.807) is 42.6 Å². The maximum Gasteiger partial charge on any atom is 0.257 e. The molecule has 0 radical (unpaired) electrons. The highest BCUT2D eigenvalue weighted by Gasteiger charge is 2.27. The van der Waals surface area contributed by atoms with Crippen molar-refractivity contribution in [3.05, 3.63) is 45.5 Å². The van der Waals surface area contributed by atoms with Crippen molar-refractivity contribution in [3.8, 4) is 17.2 Å². The number of amides is 1. The first kappa shape index (κ1) is 23.5. The van der Waals surface area contributed by atoms with Gasteiger partial charge in [-0.05, 0) is 26.0 Å². The van der Waals surface area contributed by atoms with Crippen LogP contribution in [0.1, 0.15) is 25.8 Å². The Morgan fingerprint density at radius 2 is 1.94 bits per heavy atom. The van der Waals surface area contributed by atoms with Crippen LogP contribution in [0.25, 0.3) is 17.2 Å². The van der Waals surface area contributed by atoms with E-state index < -0.39 is 0 Å². The summed E-state index contributed by atoms with van der Waals surface area (Å²) in [5, 5.41) is 4.48. The summed E-state index contributed by atoms with van der Waals surface area (Å²) in [6.45, 7) is 8.98. The minimum absolute atomic E-state index is 0.0415. The lowest BCUT2D eigenvalue weighted by Gasteiger charge is -2.34. The molecule has 10 heteroatoms. The van der Waals surface area contributed by atoms with Gasteiger partial charge >= 0.3 is 0 Å². The van der Waals surface area contributed by atoms with Crippen molar-refractivity contribution in [2.45, 2.75) is 20.5 Å². The van der Waals surface area contributed by atoms with Gasteiger partial charge in [0.1, 0.15) is 0 Å². The summed E-state index contributed by atoms with van der Waals surface area (Å²) in [5.41, 5.74) is 3.10. The van der Waals surface area contributed by atoms with Crippen molar-refractivity contribution in [2.75, 3.05) is 53.6 Å². The van der Waals surface area contributed by atoms with Gasteiger partial charge < -0.3 is 14.4 Å². The summed E-state index contributed by atoms with van der Waals surface area (Å²) >= 11 is 1.74. The zero-order chi connectivity index (χ0) is 23.4. The number of rotatable bonds is 8. The van der Waals surface area contributed by atoms with Gasteiger partial charge in [0, 0.05) is 68.5 Å². The van der Waals surface area contributed by atoms with E-state index in [0.717, 1.165) is 30.9 Å². The van der Waals surface area contributed by atoms with E-state index >= 15 is 0 Å². The zero-order valence-electron chi connectivity index (χ0n) is 19.6. The summed E-state index contributed by atoms with van der Waals surface area (Å²) in [6, 6.07) is 4.03. The van der Waals surface area contributed by atoms with Crippen LogP contribution in [0.2, 0.25) is 0 Å². The Bertz CT molecular complexity index is 1100. The van der Waals surface area contributed by atoms with E-state index in [1.807, 2.05) is 11.0 Å². The molecule has 1 saturated heterocycles. The van der Waals surface area contributed by atoms with Crippen LogP contribution in [0, 0.1) is 13.8 Å². The summed E-state index contributed by atoms with van der Waals surface area (Å²) in [7, 11) is 3.31. The van der Waals surface area contributed by atoms with Crippen LogP contribution in [-0.2, 0) is 16.1 Å².